The van der Waals surface area contributed by atoms with Crippen molar-refractivity contribution in [2.75, 3.05) is 6.61 Å². The zero-order valence-electron chi connectivity index (χ0n) is 10.3. The number of alkyl halides is 1. The lowest BCUT2D eigenvalue weighted by Gasteiger charge is -2.17. The lowest BCUT2D eigenvalue weighted by atomic mass is 9.92. The molecule has 1 rings (SSSR count). The highest BCUT2D eigenvalue weighted by molar-refractivity contribution is 9.08. The number of nitrogens with zero attached hydrogens (tertiary/aromatic N) is 1. The third-order valence-corrected chi connectivity index (χ3v) is 3.61. The van der Waals surface area contributed by atoms with Crippen molar-refractivity contribution in [2.45, 2.75) is 25.6 Å². The van der Waals surface area contributed by atoms with Gasteiger partial charge in [0.05, 0.1) is 23.1 Å². The van der Waals surface area contributed by atoms with Crippen molar-refractivity contribution < 1.29 is 4.74 Å². The van der Waals surface area contributed by atoms with E-state index in [-0.39, 0.29) is 0 Å². The van der Waals surface area contributed by atoms with Crippen molar-refractivity contribution >= 4 is 39.1 Å². The standard InChI is InChI=1S/C13H14BrCl2NO/c1-13(2,8-17)3-4-18-12-9(7-14)5-10(15)6-11(12)16/h5-6H,3-4,7H2,1-2H3. The van der Waals surface area contributed by atoms with Gasteiger partial charge in [0.25, 0.3) is 0 Å². The maximum Gasteiger partial charge on any atom is 0.142 e. The average Bonchev–Trinajstić information content (AvgIpc) is 2.31. The highest BCUT2D eigenvalue weighted by Gasteiger charge is 2.17. The first kappa shape index (κ1) is 15.6. The van der Waals surface area contributed by atoms with Crippen molar-refractivity contribution in [3.63, 3.8) is 0 Å². The van der Waals surface area contributed by atoms with Crippen molar-refractivity contribution in [1.29, 1.82) is 5.26 Å². The summed E-state index contributed by atoms with van der Waals surface area (Å²) in [7, 11) is 0. The number of ether oxygens (including phenoxy) is 1. The number of benzene rings is 1. The molecule has 18 heavy (non-hydrogen) atoms. The minimum Gasteiger partial charge on any atom is -0.492 e. The summed E-state index contributed by atoms with van der Waals surface area (Å²) >= 11 is 15.4. The van der Waals surface area contributed by atoms with E-state index in [0.717, 1.165) is 5.56 Å². The molecule has 98 valence electrons. The van der Waals surface area contributed by atoms with Gasteiger partial charge in [-0.15, -0.1) is 0 Å². The van der Waals surface area contributed by atoms with Crippen LogP contribution in [0.4, 0.5) is 0 Å². The molecule has 0 bridgehead atoms. The minimum absolute atomic E-state index is 0.395. The van der Waals surface area contributed by atoms with E-state index in [1.807, 2.05) is 19.9 Å². The van der Waals surface area contributed by atoms with Crippen LogP contribution >= 0.6 is 39.1 Å². The fraction of sp³-hybridized carbons (Fsp3) is 0.462. The van der Waals surface area contributed by atoms with Crippen LogP contribution in [0, 0.1) is 16.7 Å². The van der Waals surface area contributed by atoms with Crippen LogP contribution in [0.15, 0.2) is 12.1 Å². The van der Waals surface area contributed by atoms with Gasteiger partial charge in [0.2, 0.25) is 0 Å². The molecule has 0 aliphatic heterocycles. The van der Waals surface area contributed by atoms with E-state index >= 15 is 0 Å². The minimum atomic E-state index is -0.395. The molecule has 1 aromatic rings. The van der Waals surface area contributed by atoms with E-state index in [1.165, 1.54) is 0 Å². The van der Waals surface area contributed by atoms with E-state index in [9.17, 15) is 0 Å². The Kier molecular flexibility index (Phi) is 5.78. The summed E-state index contributed by atoms with van der Waals surface area (Å²) in [6.07, 6.45) is 0.643. The number of halogens is 3. The molecule has 0 saturated heterocycles. The van der Waals surface area contributed by atoms with Crippen molar-refractivity contribution in [3.05, 3.63) is 27.7 Å². The molecule has 0 spiro atoms. The summed E-state index contributed by atoms with van der Waals surface area (Å²) in [5.74, 6) is 0.631. The maximum atomic E-state index is 8.93. The van der Waals surface area contributed by atoms with Gasteiger partial charge in [-0.2, -0.15) is 5.26 Å². The van der Waals surface area contributed by atoms with E-state index < -0.39 is 5.41 Å². The van der Waals surface area contributed by atoms with Gasteiger partial charge < -0.3 is 4.74 Å². The van der Waals surface area contributed by atoms with Gasteiger partial charge in [-0.05, 0) is 32.4 Å². The van der Waals surface area contributed by atoms with Gasteiger partial charge in [-0.25, -0.2) is 0 Å². The van der Waals surface area contributed by atoms with Crippen molar-refractivity contribution in [2.24, 2.45) is 5.41 Å². The molecular weight excluding hydrogens is 337 g/mol. The van der Waals surface area contributed by atoms with Gasteiger partial charge in [0.15, 0.2) is 0 Å². The molecule has 0 unspecified atom stereocenters. The SMILES string of the molecule is CC(C)(C#N)CCOc1c(Cl)cc(Cl)cc1CBr. The fourth-order valence-electron chi connectivity index (χ4n) is 1.34. The van der Waals surface area contributed by atoms with Crippen LogP contribution in [0.5, 0.6) is 5.75 Å². The van der Waals surface area contributed by atoms with Crippen molar-refractivity contribution in [1.82, 2.24) is 0 Å². The molecule has 0 aliphatic carbocycles. The zero-order valence-corrected chi connectivity index (χ0v) is 13.4. The number of hydrogen-bond acceptors (Lipinski definition) is 2. The van der Waals surface area contributed by atoms with Gasteiger partial charge in [-0.1, -0.05) is 39.1 Å². The van der Waals surface area contributed by atoms with E-state index in [2.05, 4.69) is 22.0 Å². The second-order valence-corrected chi connectivity index (χ2v) is 6.01. The first-order chi connectivity index (χ1) is 8.39. The highest BCUT2D eigenvalue weighted by Crippen LogP contribution is 2.34. The quantitative estimate of drug-likeness (QED) is 0.683. The summed E-state index contributed by atoms with van der Waals surface area (Å²) in [5.41, 5.74) is 0.510. The fourth-order valence-corrected chi connectivity index (χ4v) is 2.35. The first-order valence-corrected chi connectivity index (χ1v) is 7.35. The molecule has 0 N–H and O–H groups in total. The van der Waals surface area contributed by atoms with Gasteiger partial charge >= 0.3 is 0 Å². The van der Waals surface area contributed by atoms with Crippen LogP contribution in [0.1, 0.15) is 25.8 Å². The van der Waals surface area contributed by atoms with Crippen LogP contribution < -0.4 is 4.74 Å². The zero-order chi connectivity index (χ0) is 13.8. The molecule has 0 radical (unpaired) electrons. The molecule has 0 saturated carbocycles. The third kappa shape index (κ3) is 4.35. The summed E-state index contributed by atoms with van der Waals surface area (Å²) in [6, 6.07) is 5.70. The molecule has 0 amide bonds. The molecule has 0 aromatic heterocycles. The second kappa shape index (κ2) is 6.65. The largest absolute Gasteiger partial charge is 0.492 e. The predicted molar refractivity (Wildman–Crippen MR) is 78.6 cm³/mol. The molecule has 2 nitrogen and oxygen atoms in total. The number of hydrogen-bond donors (Lipinski definition) is 0. The monoisotopic (exact) mass is 349 g/mol. The van der Waals surface area contributed by atoms with Crippen LogP contribution in [0.25, 0.3) is 0 Å². The highest BCUT2D eigenvalue weighted by atomic mass is 79.9. The lowest BCUT2D eigenvalue weighted by molar-refractivity contribution is 0.263. The van der Waals surface area contributed by atoms with Gasteiger partial charge in [0.1, 0.15) is 5.75 Å². The smallest absolute Gasteiger partial charge is 0.142 e. The molecule has 0 aliphatic rings. The van der Waals surface area contributed by atoms with Gasteiger partial charge in [-0.3, -0.25) is 0 Å². The normalized spacial score (nSPS) is 11.1. The predicted octanol–water partition coefficient (Wildman–Crippen LogP) is 5.21. The molecule has 5 heteroatoms. The second-order valence-electron chi connectivity index (χ2n) is 4.60. The molecule has 0 atom stereocenters. The Bertz CT molecular complexity index is 469. The Morgan fingerprint density at radius 1 is 1.39 bits per heavy atom. The summed E-state index contributed by atoms with van der Waals surface area (Å²) < 4.78 is 5.68. The summed E-state index contributed by atoms with van der Waals surface area (Å²) in [6.45, 7) is 4.21. The summed E-state index contributed by atoms with van der Waals surface area (Å²) in [5, 5.41) is 10.6. The maximum absolute atomic E-state index is 8.93. The summed E-state index contributed by atoms with van der Waals surface area (Å²) in [4.78, 5) is 0. The van der Waals surface area contributed by atoms with Crippen LogP contribution in [0.3, 0.4) is 0 Å². The number of rotatable bonds is 5. The Morgan fingerprint density at radius 3 is 2.61 bits per heavy atom. The van der Waals surface area contributed by atoms with Crippen LogP contribution in [-0.4, -0.2) is 6.61 Å². The average molecular weight is 351 g/mol. The molecule has 1 aromatic carbocycles. The molecule has 0 heterocycles. The number of nitriles is 1. The molecule has 0 fully saturated rings. The topological polar surface area (TPSA) is 33.0 Å². The van der Waals surface area contributed by atoms with Crippen LogP contribution in [0.2, 0.25) is 10.0 Å². The first-order valence-electron chi connectivity index (χ1n) is 5.47. The third-order valence-electron chi connectivity index (χ3n) is 2.51. The lowest BCUT2D eigenvalue weighted by Crippen LogP contribution is -2.13. The molecular formula is C13H14BrCl2NO. The van der Waals surface area contributed by atoms with E-state index in [0.29, 0.717) is 34.2 Å². The van der Waals surface area contributed by atoms with Crippen molar-refractivity contribution in [3.8, 4) is 11.8 Å². The Hall–Kier alpha value is -0.430. The van der Waals surface area contributed by atoms with E-state index in [1.54, 1.807) is 6.07 Å². The van der Waals surface area contributed by atoms with Crippen LogP contribution in [-0.2, 0) is 5.33 Å². The Balaban J connectivity index is 2.77. The Morgan fingerprint density at radius 2 is 2.06 bits per heavy atom. The van der Waals surface area contributed by atoms with Gasteiger partial charge in [0, 0.05) is 15.9 Å². The van der Waals surface area contributed by atoms with E-state index in [4.69, 9.17) is 33.2 Å². The Labute approximate surface area is 126 Å².